The van der Waals surface area contributed by atoms with Crippen LogP contribution < -0.4 is 10.6 Å². The second-order valence-corrected chi connectivity index (χ2v) is 6.08. The van der Waals surface area contributed by atoms with Crippen molar-refractivity contribution in [2.24, 2.45) is 5.92 Å². The molecule has 3 heterocycles. The molecule has 0 radical (unpaired) electrons. The standard InChI is InChI=1S/C14H25N3O/c18-14(12-10-11-4-5-13(12)16-11)15-6-9-17-7-2-1-3-8-17/h11-13,16H,1-10H2,(H,15,18). The maximum atomic E-state index is 12.1. The molecule has 0 saturated carbocycles. The lowest BCUT2D eigenvalue weighted by Crippen LogP contribution is -2.42. The number of carbonyl (C=O) groups is 1. The van der Waals surface area contributed by atoms with Crippen LogP contribution in [0.1, 0.15) is 38.5 Å². The highest BCUT2D eigenvalue weighted by molar-refractivity contribution is 5.80. The van der Waals surface area contributed by atoms with E-state index in [0.29, 0.717) is 12.1 Å². The number of carbonyl (C=O) groups excluding carboxylic acids is 1. The number of nitrogens with one attached hydrogen (secondary N) is 2. The molecule has 0 aliphatic carbocycles. The second kappa shape index (κ2) is 5.57. The topological polar surface area (TPSA) is 44.4 Å². The summed E-state index contributed by atoms with van der Waals surface area (Å²) in [6.07, 6.45) is 7.53. The second-order valence-electron chi connectivity index (χ2n) is 6.08. The highest BCUT2D eigenvalue weighted by atomic mass is 16.1. The average molecular weight is 251 g/mol. The van der Waals surface area contributed by atoms with Gasteiger partial charge in [-0.2, -0.15) is 0 Å². The van der Waals surface area contributed by atoms with Crippen molar-refractivity contribution in [3.63, 3.8) is 0 Å². The van der Waals surface area contributed by atoms with E-state index in [1.165, 1.54) is 45.2 Å². The van der Waals surface area contributed by atoms with Gasteiger partial charge < -0.3 is 15.5 Å². The molecule has 3 unspecified atom stereocenters. The van der Waals surface area contributed by atoms with Gasteiger partial charge in [0, 0.05) is 25.2 Å². The van der Waals surface area contributed by atoms with Gasteiger partial charge >= 0.3 is 0 Å². The van der Waals surface area contributed by atoms with Gasteiger partial charge in [0.05, 0.1) is 5.92 Å². The van der Waals surface area contributed by atoms with Gasteiger partial charge in [-0.3, -0.25) is 4.79 Å². The van der Waals surface area contributed by atoms with Crippen molar-refractivity contribution in [1.82, 2.24) is 15.5 Å². The summed E-state index contributed by atoms with van der Waals surface area (Å²) >= 11 is 0. The molecule has 1 amide bonds. The molecule has 4 nitrogen and oxygen atoms in total. The van der Waals surface area contributed by atoms with E-state index in [-0.39, 0.29) is 11.8 Å². The number of hydrogen-bond donors (Lipinski definition) is 2. The molecule has 0 aromatic rings. The van der Waals surface area contributed by atoms with E-state index in [9.17, 15) is 4.79 Å². The summed E-state index contributed by atoms with van der Waals surface area (Å²) in [5, 5.41) is 6.66. The number of hydrogen-bond acceptors (Lipinski definition) is 3. The molecule has 3 rings (SSSR count). The molecule has 3 atom stereocenters. The number of fused-ring (bicyclic) bond motifs is 2. The third kappa shape index (κ3) is 2.69. The van der Waals surface area contributed by atoms with Crippen molar-refractivity contribution in [1.29, 1.82) is 0 Å². The zero-order valence-electron chi connectivity index (χ0n) is 11.2. The van der Waals surface area contributed by atoms with Gasteiger partial charge in [-0.05, 0) is 45.2 Å². The van der Waals surface area contributed by atoms with Gasteiger partial charge in [0.1, 0.15) is 0 Å². The van der Waals surface area contributed by atoms with Crippen molar-refractivity contribution in [3.05, 3.63) is 0 Å². The van der Waals surface area contributed by atoms with Crippen molar-refractivity contribution in [3.8, 4) is 0 Å². The lowest BCUT2D eigenvalue weighted by molar-refractivity contribution is -0.125. The summed E-state index contributed by atoms with van der Waals surface area (Å²) in [4.78, 5) is 14.6. The average Bonchev–Trinajstić information content (AvgIpc) is 3.02. The Kier molecular flexibility index (Phi) is 3.85. The van der Waals surface area contributed by atoms with Crippen LogP contribution in [0.3, 0.4) is 0 Å². The minimum atomic E-state index is 0.241. The number of piperidine rings is 1. The monoisotopic (exact) mass is 251 g/mol. The lowest BCUT2D eigenvalue weighted by Gasteiger charge is -2.27. The van der Waals surface area contributed by atoms with E-state index < -0.39 is 0 Å². The predicted molar refractivity (Wildman–Crippen MR) is 71.4 cm³/mol. The maximum absolute atomic E-state index is 12.1. The van der Waals surface area contributed by atoms with E-state index in [1.807, 2.05) is 0 Å². The maximum Gasteiger partial charge on any atom is 0.224 e. The summed E-state index contributed by atoms with van der Waals surface area (Å²) in [6.45, 7) is 4.28. The van der Waals surface area contributed by atoms with Crippen molar-refractivity contribution >= 4 is 5.91 Å². The van der Waals surface area contributed by atoms with E-state index in [1.54, 1.807) is 0 Å². The zero-order valence-corrected chi connectivity index (χ0v) is 11.2. The first-order chi connectivity index (χ1) is 8.83. The molecule has 102 valence electrons. The quantitative estimate of drug-likeness (QED) is 0.774. The molecule has 3 saturated heterocycles. The molecule has 0 spiro atoms. The first-order valence-electron chi connectivity index (χ1n) is 7.59. The molecule has 0 aromatic carbocycles. The summed E-state index contributed by atoms with van der Waals surface area (Å²) in [5.41, 5.74) is 0. The molecule has 3 fully saturated rings. The fourth-order valence-electron chi connectivity index (χ4n) is 3.77. The summed E-state index contributed by atoms with van der Waals surface area (Å²) in [5.74, 6) is 0.525. The normalized spacial score (nSPS) is 35.9. The highest BCUT2D eigenvalue weighted by Crippen LogP contribution is 2.33. The van der Waals surface area contributed by atoms with Crippen LogP contribution >= 0.6 is 0 Å². The van der Waals surface area contributed by atoms with E-state index in [2.05, 4.69) is 15.5 Å². The van der Waals surface area contributed by atoms with Crippen molar-refractivity contribution < 1.29 is 4.79 Å². The fourth-order valence-corrected chi connectivity index (χ4v) is 3.77. The van der Waals surface area contributed by atoms with Gasteiger partial charge in [-0.1, -0.05) is 6.42 Å². The van der Waals surface area contributed by atoms with Crippen LogP contribution in [-0.4, -0.2) is 49.1 Å². The summed E-state index contributed by atoms with van der Waals surface area (Å²) in [7, 11) is 0. The number of likely N-dealkylation sites (tertiary alicyclic amines) is 1. The Hall–Kier alpha value is -0.610. The van der Waals surface area contributed by atoms with Crippen LogP contribution in [0.5, 0.6) is 0 Å². The van der Waals surface area contributed by atoms with Gasteiger partial charge in [0.15, 0.2) is 0 Å². The Bertz CT molecular complexity index is 301. The first-order valence-corrected chi connectivity index (χ1v) is 7.59. The molecular formula is C14H25N3O. The molecule has 18 heavy (non-hydrogen) atoms. The van der Waals surface area contributed by atoms with Gasteiger partial charge in [-0.15, -0.1) is 0 Å². The molecule has 4 heteroatoms. The zero-order chi connectivity index (χ0) is 12.4. The minimum Gasteiger partial charge on any atom is -0.355 e. The summed E-state index contributed by atoms with van der Waals surface area (Å²) < 4.78 is 0. The summed E-state index contributed by atoms with van der Waals surface area (Å²) in [6, 6.07) is 1.08. The molecule has 0 aromatic heterocycles. The highest BCUT2D eigenvalue weighted by Gasteiger charge is 2.42. The Morgan fingerprint density at radius 2 is 2.06 bits per heavy atom. The molecule has 3 aliphatic rings. The Balaban J connectivity index is 1.36. The van der Waals surface area contributed by atoms with Crippen LogP contribution in [0.2, 0.25) is 0 Å². The minimum absolute atomic E-state index is 0.241. The van der Waals surface area contributed by atoms with Gasteiger partial charge in [0.2, 0.25) is 5.91 Å². The molecular weight excluding hydrogens is 226 g/mol. The number of rotatable bonds is 4. The van der Waals surface area contributed by atoms with E-state index >= 15 is 0 Å². The van der Waals surface area contributed by atoms with Gasteiger partial charge in [0.25, 0.3) is 0 Å². The van der Waals surface area contributed by atoms with Gasteiger partial charge in [-0.25, -0.2) is 0 Å². The SMILES string of the molecule is O=C(NCCN1CCCCC1)C1CC2CCC1N2. The first kappa shape index (κ1) is 12.4. The molecule has 2 bridgehead atoms. The smallest absolute Gasteiger partial charge is 0.224 e. The van der Waals surface area contributed by atoms with Crippen LogP contribution in [0, 0.1) is 5.92 Å². The van der Waals surface area contributed by atoms with Crippen LogP contribution in [-0.2, 0) is 4.79 Å². The van der Waals surface area contributed by atoms with E-state index in [4.69, 9.17) is 0 Å². The molecule has 2 N–H and O–H groups in total. The molecule has 3 aliphatic heterocycles. The Morgan fingerprint density at radius 3 is 2.72 bits per heavy atom. The van der Waals surface area contributed by atoms with Crippen LogP contribution in [0.4, 0.5) is 0 Å². The largest absolute Gasteiger partial charge is 0.355 e. The predicted octanol–water partition coefficient (Wildman–Crippen LogP) is 0.729. The third-order valence-electron chi connectivity index (χ3n) is 4.81. The van der Waals surface area contributed by atoms with Crippen LogP contribution in [0.25, 0.3) is 0 Å². The third-order valence-corrected chi connectivity index (χ3v) is 4.81. The van der Waals surface area contributed by atoms with Crippen LogP contribution in [0.15, 0.2) is 0 Å². The number of nitrogens with zero attached hydrogens (tertiary/aromatic N) is 1. The van der Waals surface area contributed by atoms with Crippen molar-refractivity contribution in [2.45, 2.75) is 50.6 Å². The Morgan fingerprint density at radius 1 is 1.22 bits per heavy atom. The Labute approximate surface area is 109 Å². The van der Waals surface area contributed by atoms with Crippen molar-refractivity contribution in [2.75, 3.05) is 26.2 Å². The number of amides is 1. The van der Waals surface area contributed by atoms with E-state index in [0.717, 1.165) is 19.5 Å². The fraction of sp³-hybridized carbons (Fsp3) is 0.929. The lowest BCUT2D eigenvalue weighted by atomic mass is 9.88.